The van der Waals surface area contributed by atoms with Crippen molar-refractivity contribution < 1.29 is 24.6 Å². The van der Waals surface area contributed by atoms with E-state index in [1.807, 2.05) is 36.4 Å². The summed E-state index contributed by atoms with van der Waals surface area (Å²) in [5.41, 5.74) is 0.199. The van der Waals surface area contributed by atoms with Crippen LogP contribution in [0.3, 0.4) is 0 Å². The Morgan fingerprint density at radius 2 is 1.44 bits per heavy atom. The Morgan fingerprint density at radius 3 is 2.06 bits per heavy atom. The molecule has 0 aromatic heterocycles. The van der Waals surface area contributed by atoms with Crippen LogP contribution in [0.2, 0.25) is 0 Å². The lowest BCUT2D eigenvalue weighted by Crippen LogP contribution is -2.57. The largest absolute Gasteiger partial charge is 0.508 e. The normalized spacial score (nSPS) is 26.0. The number of fused-ring (bicyclic) bond motifs is 1. The van der Waals surface area contributed by atoms with Crippen LogP contribution in [0.15, 0.2) is 84.9 Å². The van der Waals surface area contributed by atoms with Crippen LogP contribution in [0.5, 0.6) is 5.75 Å². The summed E-state index contributed by atoms with van der Waals surface area (Å²) >= 11 is 0. The summed E-state index contributed by atoms with van der Waals surface area (Å²) in [6.45, 7) is 0.0695. The molecule has 4 unspecified atom stereocenters. The third-order valence-corrected chi connectivity index (χ3v) is 6.91. The Hall–Kier alpha value is -3.97. The highest BCUT2D eigenvalue weighted by Crippen LogP contribution is 2.51. The molecule has 2 fully saturated rings. The predicted molar refractivity (Wildman–Crippen MR) is 123 cm³/mol. The Bertz CT molecular complexity index is 1250. The van der Waals surface area contributed by atoms with Gasteiger partial charge in [0.2, 0.25) is 11.8 Å². The van der Waals surface area contributed by atoms with E-state index in [0.29, 0.717) is 5.56 Å². The molecule has 0 radical (unpaired) electrons. The van der Waals surface area contributed by atoms with Crippen LogP contribution < -0.4 is 5.32 Å². The maximum absolute atomic E-state index is 13.7. The van der Waals surface area contributed by atoms with Crippen LogP contribution in [-0.4, -0.2) is 38.4 Å². The van der Waals surface area contributed by atoms with Crippen molar-refractivity contribution in [3.63, 3.8) is 0 Å². The molecule has 3 N–H and O–H groups in total. The minimum Gasteiger partial charge on any atom is -0.508 e. The Labute approximate surface area is 196 Å². The quantitative estimate of drug-likeness (QED) is 0.493. The first-order chi connectivity index (χ1) is 16.4. The standard InChI is InChI=1S/C27H24N2O5/c30-20-14-8-7-13-19(20)23-21-22(25(32)29(24(21)31)16-18-11-5-2-6-12-18)27(28-23,26(33)34)15-17-9-3-1-4-10-17/h1-14,21-23,28,30H,15-16H2,(H,33,34). The fourth-order valence-corrected chi connectivity index (χ4v) is 5.35. The number of imide groups is 1. The SMILES string of the molecule is O=C1C2C(c3ccccc3O)NC(Cc3ccccc3)(C(=O)O)C2C(=O)N1Cc1ccccc1. The van der Waals surface area contributed by atoms with Gasteiger partial charge in [0.05, 0.1) is 18.4 Å². The lowest BCUT2D eigenvalue weighted by molar-refractivity contribution is -0.151. The number of rotatable bonds is 6. The molecule has 7 nitrogen and oxygen atoms in total. The molecule has 2 aliphatic heterocycles. The highest BCUT2D eigenvalue weighted by Gasteiger charge is 2.68. The molecule has 4 atom stereocenters. The molecule has 2 aliphatic rings. The number of amides is 2. The molecular weight excluding hydrogens is 432 g/mol. The topological polar surface area (TPSA) is 107 Å². The number of aliphatic carboxylic acids is 1. The predicted octanol–water partition coefficient (Wildman–Crippen LogP) is 2.90. The van der Waals surface area contributed by atoms with Crippen molar-refractivity contribution >= 4 is 17.8 Å². The first kappa shape index (κ1) is 21.9. The van der Waals surface area contributed by atoms with Gasteiger partial charge in [-0.3, -0.25) is 24.6 Å². The third-order valence-electron chi connectivity index (χ3n) is 6.91. The molecule has 2 amide bonds. The summed E-state index contributed by atoms with van der Waals surface area (Å²) in [6, 6.07) is 23.9. The van der Waals surface area contributed by atoms with E-state index in [1.54, 1.807) is 42.5 Å². The summed E-state index contributed by atoms with van der Waals surface area (Å²) in [5, 5.41) is 24.2. The van der Waals surface area contributed by atoms with Crippen LogP contribution in [0.1, 0.15) is 22.7 Å². The van der Waals surface area contributed by atoms with Crippen LogP contribution >= 0.6 is 0 Å². The second kappa shape index (κ2) is 8.43. The lowest BCUT2D eigenvalue weighted by atomic mass is 9.76. The molecule has 34 heavy (non-hydrogen) atoms. The van der Waals surface area contributed by atoms with Crippen LogP contribution in [0.25, 0.3) is 0 Å². The molecule has 0 bridgehead atoms. The van der Waals surface area contributed by atoms with Crippen molar-refractivity contribution in [1.29, 1.82) is 0 Å². The summed E-state index contributed by atoms with van der Waals surface area (Å²) in [6.07, 6.45) is 0.0205. The van der Waals surface area contributed by atoms with Gasteiger partial charge in [-0.1, -0.05) is 78.9 Å². The van der Waals surface area contributed by atoms with Crippen LogP contribution in [-0.2, 0) is 27.3 Å². The van der Waals surface area contributed by atoms with Gasteiger partial charge < -0.3 is 10.2 Å². The Kier molecular flexibility index (Phi) is 5.42. The number of benzene rings is 3. The minimum atomic E-state index is -1.71. The molecule has 3 aromatic carbocycles. The Balaban J connectivity index is 1.62. The van der Waals surface area contributed by atoms with Gasteiger partial charge in [-0.15, -0.1) is 0 Å². The molecule has 2 heterocycles. The number of carbonyl (C=O) groups is 3. The molecule has 172 valence electrons. The zero-order valence-electron chi connectivity index (χ0n) is 18.3. The molecule has 0 spiro atoms. The van der Waals surface area contributed by atoms with Gasteiger partial charge in [0, 0.05) is 18.0 Å². The lowest BCUT2D eigenvalue weighted by Gasteiger charge is -2.31. The zero-order valence-corrected chi connectivity index (χ0v) is 18.3. The Morgan fingerprint density at radius 1 is 0.853 bits per heavy atom. The summed E-state index contributed by atoms with van der Waals surface area (Å²) in [5.74, 6) is -4.28. The number of phenols is 1. The van der Waals surface area contributed by atoms with Gasteiger partial charge in [-0.25, -0.2) is 0 Å². The smallest absolute Gasteiger partial charge is 0.325 e. The highest BCUT2D eigenvalue weighted by molar-refractivity contribution is 6.09. The maximum Gasteiger partial charge on any atom is 0.325 e. The monoisotopic (exact) mass is 456 g/mol. The second-order valence-corrected chi connectivity index (χ2v) is 8.87. The number of carbonyl (C=O) groups excluding carboxylic acids is 2. The first-order valence-electron chi connectivity index (χ1n) is 11.1. The number of nitrogens with one attached hydrogen (secondary N) is 1. The molecule has 3 aromatic rings. The average molecular weight is 456 g/mol. The summed E-state index contributed by atoms with van der Waals surface area (Å²) in [4.78, 5) is 41.4. The van der Waals surface area contributed by atoms with E-state index in [-0.39, 0.29) is 18.7 Å². The van der Waals surface area contributed by atoms with Gasteiger partial charge in [0.1, 0.15) is 11.3 Å². The van der Waals surface area contributed by atoms with E-state index < -0.39 is 41.2 Å². The van der Waals surface area contributed by atoms with Crippen molar-refractivity contribution in [3.05, 3.63) is 102 Å². The number of hydrogen-bond acceptors (Lipinski definition) is 5. The first-order valence-corrected chi connectivity index (χ1v) is 11.1. The minimum absolute atomic E-state index is 0.0205. The molecule has 7 heteroatoms. The van der Waals surface area contributed by atoms with E-state index in [2.05, 4.69) is 5.32 Å². The van der Waals surface area contributed by atoms with E-state index in [1.165, 1.54) is 11.0 Å². The fourth-order valence-electron chi connectivity index (χ4n) is 5.35. The van der Waals surface area contributed by atoms with Crippen molar-refractivity contribution in [2.45, 2.75) is 24.5 Å². The van der Waals surface area contributed by atoms with Gasteiger partial charge in [0.15, 0.2) is 0 Å². The molecule has 5 rings (SSSR count). The van der Waals surface area contributed by atoms with Crippen LogP contribution in [0.4, 0.5) is 0 Å². The second-order valence-electron chi connectivity index (χ2n) is 8.87. The summed E-state index contributed by atoms with van der Waals surface area (Å²) < 4.78 is 0. The van der Waals surface area contributed by atoms with Crippen molar-refractivity contribution in [2.75, 3.05) is 0 Å². The van der Waals surface area contributed by atoms with Crippen molar-refractivity contribution in [3.8, 4) is 5.75 Å². The van der Waals surface area contributed by atoms with Crippen molar-refractivity contribution in [1.82, 2.24) is 10.2 Å². The van der Waals surface area contributed by atoms with E-state index in [4.69, 9.17) is 0 Å². The van der Waals surface area contributed by atoms with E-state index >= 15 is 0 Å². The molecule has 0 saturated carbocycles. The number of aromatic hydroxyl groups is 1. The third kappa shape index (κ3) is 3.45. The van der Waals surface area contributed by atoms with Gasteiger partial charge in [0.25, 0.3) is 0 Å². The average Bonchev–Trinajstić information content (AvgIpc) is 3.31. The van der Waals surface area contributed by atoms with Crippen LogP contribution in [0, 0.1) is 11.8 Å². The number of likely N-dealkylation sites (tertiary alicyclic amines) is 1. The number of para-hydroxylation sites is 1. The van der Waals surface area contributed by atoms with Gasteiger partial charge >= 0.3 is 5.97 Å². The fraction of sp³-hybridized carbons (Fsp3) is 0.222. The van der Waals surface area contributed by atoms with Gasteiger partial charge in [-0.05, 0) is 17.2 Å². The molecular formula is C27H24N2O5. The number of carboxylic acids is 1. The number of hydrogen-bond donors (Lipinski definition) is 3. The zero-order chi connectivity index (χ0) is 23.9. The number of carboxylic acid groups (broad SMARTS) is 1. The number of nitrogens with zero attached hydrogens (tertiary/aromatic N) is 1. The molecule has 0 aliphatic carbocycles. The molecule has 2 saturated heterocycles. The highest BCUT2D eigenvalue weighted by atomic mass is 16.4. The van der Waals surface area contributed by atoms with E-state index in [0.717, 1.165) is 11.1 Å². The maximum atomic E-state index is 13.7. The van der Waals surface area contributed by atoms with Crippen molar-refractivity contribution in [2.24, 2.45) is 11.8 Å². The van der Waals surface area contributed by atoms with Gasteiger partial charge in [-0.2, -0.15) is 0 Å². The summed E-state index contributed by atoms with van der Waals surface area (Å²) in [7, 11) is 0. The number of phenolic OH excluding ortho intramolecular Hbond substituents is 1. The van der Waals surface area contributed by atoms with E-state index in [9.17, 15) is 24.6 Å².